The van der Waals surface area contributed by atoms with Crippen molar-refractivity contribution < 1.29 is 9.84 Å². The Morgan fingerprint density at radius 3 is 2.41 bits per heavy atom. The van der Waals surface area contributed by atoms with Crippen LogP contribution in [0.25, 0.3) is 0 Å². The van der Waals surface area contributed by atoms with Crippen molar-refractivity contribution in [3.05, 3.63) is 23.8 Å². The van der Waals surface area contributed by atoms with E-state index in [-0.39, 0.29) is 0 Å². The van der Waals surface area contributed by atoms with Gasteiger partial charge in [0.05, 0.1) is 7.11 Å². The summed E-state index contributed by atoms with van der Waals surface area (Å²) < 4.78 is 5.07. The second-order valence-corrected chi connectivity index (χ2v) is 4.89. The van der Waals surface area contributed by atoms with Gasteiger partial charge in [0.15, 0.2) is 0 Å². The number of benzene rings is 1. The summed E-state index contributed by atoms with van der Waals surface area (Å²) in [4.78, 5) is 2.24. The van der Waals surface area contributed by atoms with Crippen LogP contribution >= 0.6 is 0 Å². The van der Waals surface area contributed by atoms with Gasteiger partial charge in [0.2, 0.25) is 0 Å². The lowest BCUT2D eigenvalue weighted by molar-refractivity contribution is 0.198. The fourth-order valence-corrected chi connectivity index (χ4v) is 1.73. The summed E-state index contributed by atoms with van der Waals surface area (Å²) >= 11 is 0. The van der Waals surface area contributed by atoms with Crippen LogP contribution in [-0.2, 0) is 6.54 Å². The molecule has 1 unspecified atom stereocenters. The Morgan fingerprint density at radius 1 is 1.29 bits per heavy atom. The van der Waals surface area contributed by atoms with Crippen LogP contribution in [0.4, 0.5) is 0 Å². The van der Waals surface area contributed by atoms with E-state index in [4.69, 9.17) is 4.74 Å². The van der Waals surface area contributed by atoms with Gasteiger partial charge in [0.1, 0.15) is 11.5 Å². The molecule has 0 aromatic heterocycles. The van der Waals surface area contributed by atoms with Crippen LogP contribution in [0.1, 0.15) is 26.3 Å². The number of phenolic OH excluding ortho intramolecular Hbond substituents is 1. The van der Waals surface area contributed by atoms with Gasteiger partial charge in [0, 0.05) is 24.2 Å². The number of hydrogen-bond donors (Lipinski definition) is 1. The van der Waals surface area contributed by atoms with Crippen molar-refractivity contribution in [3.63, 3.8) is 0 Å². The second kappa shape index (κ2) is 5.92. The van der Waals surface area contributed by atoms with E-state index in [0.717, 1.165) is 12.1 Å². The van der Waals surface area contributed by atoms with E-state index < -0.39 is 0 Å². The summed E-state index contributed by atoms with van der Waals surface area (Å²) in [7, 11) is 3.68. The molecular formula is C14H23NO2. The molecule has 1 atom stereocenters. The van der Waals surface area contributed by atoms with Crippen LogP contribution in [0.3, 0.4) is 0 Å². The quantitative estimate of drug-likeness (QED) is 0.854. The first-order chi connectivity index (χ1) is 7.95. The lowest BCUT2D eigenvalue weighted by atomic mass is 10.0. The molecule has 0 aliphatic heterocycles. The van der Waals surface area contributed by atoms with E-state index >= 15 is 0 Å². The molecule has 0 aliphatic carbocycles. The van der Waals surface area contributed by atoms with Crippen molar-refractivity contribution in [1.29, 1.82) is 0 Å². The number of ether oxygens (including phenoxy) is 1. The molecule has 0 bridgehead atoms. The van der Waals surface area contributed by atoms with Crippen LogP contribution < -0.4 is 4.74 Å². The SMILES string of the molecule is COc1ccc(CN(C)C(C)C(C)C)c(O)c1. The van der Waals surface area contributed by atoms with Crippen LogP contribution in [-0.4, -0.2) is 30.2 Å². The van der Waals surface area contributed by atoms with Gasteiger partial charge in [-0.05, 0) is 26.0 Å². The molecule has 0 saturated heterocycles. The molecule has 3 heteroatoms. The Bertz CT molecular complexity index is 363. The van der Waals surface area contributed by atoms with Crippen molar-refractivity contribution >= 4 is 0 Å². The first kappa shape index (κ1) is 13.8. The highest BCUT2D eigenvalue weighted by molar-refractivity contribution is 5.39. The predicted octanol–water partition coefficient (Wildman–Crippen LogP) is 2.88. The summed E-state index contributed by atoms with van der Waals surface area (Å²) in [6, 6.07) is 5.93. The Labute approximate surface area is 104 Å². The van der Waals surface area contributed by atoms with Crippen molar-refractivity contribution in [2.24, 2.45) is 5.92 Å². The molecule has 1 aromatic rings. The summed E-state index contributed by atoms with van der Waals surface area (Å²) in [5, 5.41) is 9.89. The van der Waals surface area contributed by atoms with Gasteiger partial charge in [-0.25, -0.2) is 0 Å². The van der Waals surface area contributed by atoms with Crippen molar-refractivity contribution in [3.8, 4) is 11.5 Å². The van der Waals surface area contributed by atoms with Crippen LogP contribution in [0, 0.1) is 5.92 Å². The predicted molar refractivity (Wildman–Crippen MR) is 70.4 cm³/mol. The van der Waals surface area contributed by atoms with Gasteiger partial charge in [0.25, 0.3) is 0 Å². The molecule has 96 valence electrons. The van der Waals surface area contributed by atoms with Crippen LogP contribution in [0.5, 0.6) is 11.5 Å². The molecule has 0 amide bonds. The molecule has 17 heavy (non-hydrogen) atoms. The zero-order chi connectivity index (χ0) is 13.0. The third-order valence-electron chi connectivity index (χ3n) is 3.37. The molecule has 1 rings (SSSR count). The number of hydrogen-bond acceptors (Lipinski definition) is 3. The minimum atomic E-state index is 0.298. The zero-order valence-corrected chi connectivity index (χ0v) is 11.4. The number of aromatic hydroxyl groups is 1. The van der Waals surface area contributed by atoms with Gasteiger partial charge in [-0.2, -0.15) is 0 Å². The number of nitrogens with zero attached hydrogens (tertiary/aromatic N) is 1. The lowest BCUT2D eigenvalue weighted by Crippen LogP contribution is -2.32. The van der Waals surface area contributed by atoms with E-state index in [1.807, 2.05) is 12.1 Å². The van der Waals surface area contributed by atoms with E-state index in [2.05, 4.69) is 32.7 Å². The van der Waals surface area contributed by atoms with Gasteiger partial charge < -0.3 is 9.84 Å². The third-order valence-corrected chi connectivity index (χ3v) is 3.37. The highest BCUT2D eigenvalue weighted by Crippen LogP contribution is 2.25. The fraction of sp³-hybridized carbons (Fsp3) is 0.571. The van der Waals surface area contributed by atoms with Crippen LogP contribution in [0.15, 0.2) is 18.2 Å². The maximum absolute atomic E-state index is 9.89. The molecule has 3 nitrogen and oxygen atoms in total. The number of rotatable bonds is 5. The Hall–Kier alpha value is -1.22. The highest BCUT2D eigenvalue weighted by Gasteiger charge is 2.14. The average Bonchev–Trinajstić information content (AvgIpc) is 2.30. The number of methoxy groups -OCH3 is 1. The molecule has 0 spiro atoms. The Morgan fingerprint density at radius 2 is 1.94 bits per heavy atom. The normalized spacial score (nSPS) is 13.1. The summed E-state index contributed by atoms with van der Waals surface area (Å²) in [6.07, 6.45) is 0. The Balaban J connectivity index is 2.75. The van der Waals surface area contributed by atoms with Crippen molar-refractivity contribution in [1.82, 2.24) is 4.90 Å². The Kier molecular flexibility index (Phi) is 4.82. The molecule has 1 N–H and O–H groups in total. The maximum atomic E-state index is 9.89. The average molecular weight is 237 g/mol. The van der Waals surface area contributed by atoms with Gasteiger partial charge in [-0.15, -0.1) is 0 Å². The molecule has 0 saturated carbocycles. The molecule has 1 aromatic carbocycles. The monoisotopic (exact) mass is 237 g/mol. The van der Waals surface area contributed by atoms with Crippen molar-refractivity contribution in [2.75, 3.05) is 14.2 Å². The van der Waals surface area contributed by atoms with Gasteiger partial charge in [-0.1, -0.05) is 19.9 Å². The molecule has 0 fully saturated rings. The number of phenols is 1. The largest absolute Gasteiger partial charge is 0.507 e. The lowest BCUT2D eigenvalue weighted by Gasteiger charge is -2.28. The zero-order valence-electron chi connectivity index (χ0n) is 11.4. The van der Waals surface area contributed by atoms with Crippen LogP contribution in [0.2, 0.25) is 0 Å². The minimum absolute atomic E-state index is 0.298. The topological polar surface area (TPSA) is 32.7 Å². The molecular weight excluding hydrogens is 214 g/mol. The first-order valence-electron chi connectivity index (χ1n) is 6.01. The van der Waals surface area contributed by atoms with Crippen molar-refractivity contribution in [2.45, 2.75) is 33.4 Å². The maximum Gasteiger partial charge on any atom is 0.123 e. The summed E-state index contributed by atoms with van der Waals surface area (Å²) in [6.45, 7) is 7.35. The van der Waals surface area contributed by atoms with E-state index in [1.165, 1.54) is 0 Å². The smallest absolute Gasteiger partial charge is 0.123 e. The summed E-state index contributed by atoms with van der Waals surface area (Å²) in [5.41, 5.74) is 0.931. The minimum Gasteiger partial charge on any atom is -0.507 e. The molecule has 0 heterocycles. The first-order valence-corrected chi connectivity index (χ1v) is 6.01. The van der Waals surface area contributed by atoms with Gasteiger partial charge in [-0.3, -0.25) is 4.90 Å². The third kappa shape index (κ3) is 3.63. The standard InChI is InChI=1S/C14H23NO2/c1-10(2)11(3)15(4)9-12-6-7-13(17-5)8-14(12)16/h6-8,10-11,16H,9H2,1-5H3. The van der Waals surface area contributed by atoms with E-state index in [1.54, 1.807) is 13.2 Å². The molecule has 0 aliphatic rings. The highest BCUT2D eigenvalue weighted by atomic mass is 16.5. The van der Waals surface area contributed by atoms with E-state index in [9.17, 15) is 5.11 Å². The molecule has 0 radical (unpaired) electrons. The second-order valence-electron chi connectivity index (χ2n) is 4.89. The summed E-state index contributed by atoms with van der Waals surface area (Å²) in [5.74, 6) is 1.58. The van der Waals surface area contributed by atoms with E-state index in [0.29, 0.717) is 23.5 Å². The fourth-order valence-electron chi connectivity index (χ4n) is 1.73. The van der Waals surface area contributed by atoms with Gasteiger partial charge >= 0.3 is 0 Å².